The van der Waals surface area contributed by atoms with Crippen molar-refractivity contribution >= 4 is 17.5 Å². The van der Waals surface area contributed by atoms with E-state index >= 15 is 0 Å². The van der Waals surface area contributed by atoms with Crippen LogP contribution in [-0.4, -0.2) is 17.5 Å². The van der Waals surface area contributed by atoms with Crippen LogP contribution in [0.5, 0.6) is 0 Å². The van der Waals surface area contributed by atoms with Crippen LogP contribution in [0.1, 0.15) is 24.2 Å². The number of nitrogens with one attached hydrogen (secondary N) is 1. The lowest BCUT2D eigenvalue weighted by molar-refractivity contribution is 0.0208. The molecule has 1 N–H and O–H groups in total. The van der Waals surface area contributed by atoms with Crippen molar-refractivity contribution in [2.75, 3.05) is 6.61 Å². The van der Waals surface area contributed by atoms with Crippen molar-refractivity contribution in [1.29, 1.82) is 0 Å². The number of hydroxylamine groups is 1. The van der Waals surface area contributed by atoms with Gasteiger partial charge in [-0.25, -0.2) is 5.48 Å². The van der Waals surface area contributed by atoms with Crippen molar-refractivity contribution in [2.24, 2.45) is 5.92 Å². The molecule has 1 aromatic heterocycles. The Hall–Kier alpha value is -1.13. The molecule has 0 aliphatic rings. The summed E-state index contributed by atoms with van der Waals surface area (Å²) in [7, 11) is 0. The van der Waals surface area contributed by atoms with E-state index in [4.69, 9.17) is 16.4 Å². The summed E-state index contributed by atoms with van der Waals surface area (Å²) in [5, 5.41) is 0.357. The topological polar surface area (TPSA) is 51.2 Å². The van der Waals surface area contributed by atoms with Gasteiger partial charge in [0.2, 0.25) is 0 Å². The van der Waals surface area contributed by atoms with Gasteiger partial charge in [0.05, 0.1) is 17.2 Å². The number of nitrogens with zero attached hydrogens (tertiary/aromatic N) is 1. The van der Waals surface area contributed by atoms with E-state index in [1.165, 1.54) is 12.4 Å². The molecule has 1 rings (SSSR count). The number of aromatic nitrogens is 1. The fourth-order valence-corrected chi connectivity index (χ4v) is 1.06. The Morgan fingerprint density at radius 2 is 2.40 bits per heavy atom. The molecule has 0 aromatic carbocycles. The van der Waals surface area contributed by atoms with Gasteiger partial charge in [0.15, 0.2) is 0 Å². The molecule has 1 aromatic rings. The van der Waals surface area contributed by atoms with Gasteiger partial charge < -0.3 is 0 Å². The highest BCUT2D eigenvalue weighted by molar-refractivity contribution is 6.33. The van der Waals surface area contributed by atoms with Gasteiger partial charge in [-0.15, -0.1) is 0 Å². The third-order valence-corrected chi connectivity index (χ3v) is 1.92. The van der Waals surface area contributed by atoms with E-state index in [1.54, 1.807) is 6.07 Å². The highest BCUT2D eigenvalue weighted by atomic mass is 35.5. The minimum atomic E-state index is -0.381. The van der Waals surface area contributed by atoms with Crippen LogP contribution in [-0.2, 0) is 4.84 Å². The van der Waals surface area contributed by atoms with Gasteiger partial charge in [-0.3, -0.25) is 14.6 Å². The summed E-state index contributed by atoms with van der Waals surface area (Å²) in [6.45, 7) is 4.44. The summed E-state index contributed by atoms with van der Waals surface area (Å²) in [4.78, 5) is 20.3. The molecule has 0 spiro atoms. The largest absolute Gasteiger partial charge is 0.277 e. The van der Waals surface area contributed by atoms with Crippen LogP contribution in [0.25, 0.3) is 0 Å². The standard InChI is InChI=1S/C10H13ClN2O2/c1-7(2)6-15-13-10(14)8-5-12-4-3-9(8)11/h3-5,7H,6H2,1-2H3,(H,13,14). The summed E-state index contributed by atoms with van der Waals surface area (Å²) in [6.07, 6.45) is 2.92. The van der Waals surface area contributed by atoms with Gasteiger partial charge in [0.1, 0.15) is 0 Å². The second-order valence-corrected chi connectivity index (χ2v) is 3.90. The lowest BCUT2D eigenvalue weighted by Gasteiger charge is -2.08. The molecule has 5 heteroatoms. The van der Waals surface area contributed by atoms with Crippen molar-refractivity contribution in [1.82, 2.24) is 10.5 Å². The first-order chi connectivity index (χ1) is 7.11. The second-order valence-electron chi connectivity index (χ2n) is 3.49. The van der Waals surface area contributed by atoms with Crippen LogP contribution >= 0.6 is 11.6 Å². The summed E-state index contributed by atoms with van der Waals surface area (Å²) >= 11 is 5.80. The number of pyridine rings is 1. The van der Waals surface area contributed by atoms with E-state index in [9.17, 15) is 4.79 Å². The average Bonchev–Trinajstić information content (AvgIpc) is 2.17. The van der Waals surface area contributed by atoms with Crippen LogP contribution in [0.2, 0.25) is 5.02 Å². The number of rotatable bonds is 4. The zero-order chi connectivity index (χ0) is 11.3. The van der Waals surface area contributed by atoms with Crippen molar-refractivity contribution in [2.45, 2.75) is 13.8 Å². The van der Waals surface area contributed by atoms with Crippen LogP contribution in [0.3, 0.4) is 0 Å². The maximum atomic E-state index is 11.5. The lowest BCUT2D eigenvalue weighted by atomic mass is 10.2. The van der Waals surface area contributed by atoms with Crippen molar-refractivity contribution < 1.29 is 9.63 Å². The van der Waals surface area contributed by atoms with Gasteiger partial charge >= 0.3 is 0 Å². The van der Waals surface area contributed by atoms with Crippen LogP contribution < -0.4 is 5.48 Å². The molecular formula is C10H13ClN2O2. The number of amides is 1. The first kappa shape index (κ1) is 11.9. The molecule has 82 valence electrons. The lowest BCUT2D eigenvalue weighted by Crippen LogP contribution is -2.25. The van der Waals surface area contributed by atoms with E-state index in [2.05, 4.69) is 10.5 Å². The smallest absolute Gasteiger partial charge is 0.273 e. The molecule has 4 nitrogen and oxygen atoms in total. The molecule has 0 saturated heterocycles. The average molecular weight is 229 g/mol. The van der Waals surface area contributed by atoms with Crippen molar-refractivity contribution in [3.05, 3.63) is 29.0 Å². The van der Waals surface area contributed by atoms with E-state index in [-0.39, 0.29) is 5.91 Å². The van der Waals surface area contributed by atoms with Gasteiger partial charge in [-0.05, 0) is 12.0 Å². The quantitative estimate of drug-likeness (QED) is 0.803. The molecule has 1 amide bonds. The van der Waals surface area contributed by atoms with Gasteiger partial charge in [-0.2, -0.15) is 0 Å². The number of carbonyl (C=O) groups excluding carboxylic acids is 1. The van der Waals surface area contributed by atoms with E-state index < -0.39 is 0 Å². The Morgan fingerprint density at radius 1 is 1.67 bits per heavy atom. The zero-order valence-electron chi connectivity index (χ0n) is 8.66. The molecule has 0 aliphatic heterocycles. The third-order valence-electron chi connectivity index (χ3n) is 1.59. The minimum absolute atomic E-state index is 0.308. The molecule has 0 unspecified atom stereocenters. The SMILES string of the molecule is CC(C)CONC(=O)c1cnccc1Cl. The molecule has 0 radical (unpaired) electrons. The molecule has 0 aliphatic carbocycles. The molecule has 15 heavy (non-hydrogen) atoms. The fraction of sp³-hybridized carbons (Fsp3) is 0.400. The van der Waals surface area contributed by atoms with Crippen LogP contribution in [0.4, 0.5) is 0 Å². The number of halogens is 1. The third kappa shape index (κ3) is 3.85. The number of hydrogen-bond acceptors (Lipinski definition) is 3. The van der Waals surface area contributed by atoms with Gasteiger partial charge in [-0.1, -0.05) is 25.4 Å². The minimum Gasteiger partial charge on any atom is -0.273 e. The first-order valence-electron chi connectivity index (χ1n) is 4.63. The first-order valence-corrected chi connectivity index (χ1v) is 5.00. The highest BCUT2D eigenvalue weighted by Crippen LogP contribution is 2.12. The van der Waals surface area contributed by atoms with Crippen molar-refractivity contribution in [3.8, 4) is 0 Å². The predicted octanol–water partition coefficient (Wildman–Crippen LogP) is 2.05. The summed E-state index contributed by atoms with van der Waals surface area (Å²) in [6, 6.07) is 1.55. The molecule has 0 atom stereocenters. The highest BCUT2D eigenvalue weighted by Gasteiger charge is 2.09. The Balaban J connectivity index is 2.51. The Labute approximate surface area is 93.6 Å². The summed E-state index contributed by atoms with van der Waals surface area (Å²) in [5.41, 5.74) is 2.62. The Morgan fingerprint density at radius 3 is 3.00 bits per heavy atom. The maximum absolute atomic E-state index is 11.5. The second kappa shape index (κ2) is 5.68. The number of hydrogen-bond donors (Lipinski definition) is 1. The van der Waals surface area contributed by atoms with Gasteiger partial charge in [0.25, 0.3) is 5.91 Å². The molecule has 0 bridgehead atoms. The Kier molecular flexibility index (Phi) is 4.52. The molecule has 1 heterocycles. The zero-order valence-corrected chi connectivity index (χ0v) is 9.41. The Bertz CT molecular complexity index is 342. The van der Waals surface area contributed by atoms with E-state index in [0.717, 1.165) is 0 Å². The molecule has 0 fully saturated rings. The fourth-order valence-electron chi connectivity index (χ4n) is 0.873. The maximum Gasteiger partial charge on any atom is 0.277 e. The van der Waals surface area contributed by atoms with E-state index in [1.807, 2.05) is 13.8 Å². The van der Waals surface area contributed by atoms with Crippen LogP contribution in [0, 0.1) is 5.92 Å². The monoisotopic (exact) mass is 228 g/mol. The summed E-state index contributed by atoms with van der Waals surface area (Å²) in [5.74, 6) is -0.0246. The summed E-state index contributed by atoms with van der Waals surface area (Å²) < 4.78 is 0. The van der Waals surface area contributed by atoms with Crippen molar-refractivity contribution in [3.63, 3.8) is 0 Å². The molecule has 0 saturated carbocycles. The van der Waals surface area contributed by atoms with Crippen LogP contribution in [0.15, 0.2) is 18.5 Å². The number of carbonyl (C=O) groups is 1. The normalized spacial score (nSPS) is 10.4. The van der Waals surface area contributed by atoms with Gasteiger partial charge in [0, 0.05) is 12.4 Å². The molecular weight excluding hydrogens is 216 g/mol. The van der Waals surface area contributed by atoms with E-state index in [0.29, 0.717) is 23.1 Å². The predicted molar refractivity (Wildman–Crippen MR) is 57.5 cm³/mol.